The van der Waals surface area contributed by atoms with Crippen molar-refractivity contribution < 1.29 is 22.7 Å². The average Bonchev–Trinajstić information content (AvgIpc) is 3.68. The lowest BCUT2D eigenvalue weighted by Crippen LogP contribution is -2.55. The minimum absolute atomic E-state index is 0.0144. The molecular weight excluding hydrogens is 617 g/mol. The maximum absolute atomic E-state index is 17.2. The first-order valence-corrected chi connectivity index (χ1v) is 16.6. The second kappa shape index (κ2) is 11.7. The van der Waals surface area contributed by atoms with E-state index in [0.29, 0.717) is 61.6 Å². The largest absolute Gasteiger partial charge is 0.461 e. The number of ether oxygens (including phenoxy) is 1. The molecule has 3 saturated heterocycles. The van der Waals surface area contributed by atoms with Crippen molar-refractivity contribution in [3.05, 3.63) is 58.0 Å². The molecule has 0 radical (unpaired) electrons. The highest BCUT2D eigenvalue weighted by Crippen LogP contribution is 2.57. The number of halogens is 4. The zero-order valence-electron chi connectivity index (χ0n) is 26.0. The molecule has 1 spiro atoms. The molecule has 2 aliphatic carbocycles. The topological polar surface area (TPSA) is 85.6 Å². The van der Waals surface area contributed by atoms with Crippen LogP contribution in [-0.4, -0.2) is 82.3 Å². The molecule has 8 nitrogen and oxygen atoms in total. The van der Waals surface area contributed by atoms with Crippen molar-refractivity contribution in [2.75, 3.05) is 37.7 Å². The number of carbonyl (C=O) groups is 1. The molecule has 0 saturated carbocycles. The van der Waals surface area contributed by atoms with Crippen LogP contribution in [0.25, 0.3) is 0 Å². The summed E-state index contributed by atoms with van der Waals surface area (Å²) in [7, 11) is 0. The van der Waals surface area contributed by atoms with Crippen molar-refractivity contribution in [1.82, 2.24) is 19.8 Å². The standard InChI is InChI=1S/C34H38ClF3N6O2/c1-20-6-10-33(16-22(37)17-44(20)33)19-46-32-40-28-25(8-12-34(29(28)38)11-7-24-26(34)4-3-5-27(24)35)30(41-32)42-14-15-43(31(45)21(2)36)23(18-42)9-13-39/h3-5,20,22-23,29H,2,6-12,14-19H2,1H3/t20?,22-,23+,29?,33?,34-/m1/s1. The number of piperazine rings is 1. The molecule has 6 atom stereocenters. The molecule has 46 heavy (non-hydrogen) atoms. The Morgan fingerprint density at radius 3 is 2.72 bits per heavy atom. The molecule has 12 heteroatoms. The summed E-state index contributed by atoms with van der Waals surface area (Å²) < 4.78 is 52.0. The maximum Gasteiger partial charge on any atom is 0.318 e. The number of nitrogens with zero attached hydrogens (tertiary/aromatic N) is 6. The van der Waals surface area contributed by atoms with E-state index < -0.39 is 41.1 Å². The lowest BCUT2D eigenvalue weighted by atomic mass is 9.68. The van der Waals surface area contributed by atoms with Gasteiger partial charge in [-0.05, 0) is 62.6 Å². The highest BCUT2D eigenvalue weighted by Gasteiger charge is 2.53. The zero-order chi connectivity index (χ0) is 32.4. The summed E-state index contributed by atoms with van der Waals surface area (Å²) in [5.74, 6) is -1.42. The maximum atomic E-state index is 17.2. The fourth-order valence-corrected chi connectivity index (χ4v) is 9.23. The van der Waals surface area contributed by atoms with Crippen molar-refractivity contribution in [2.24, 2.45) is 0 Å². The third-order valence-corrected chi connectivity index (χ3v) is 11.6. The number of aromatic nitrogens is 2. The SMILES string of the molecule is C=C(F)C(=O)N1CCN(c2nc(OCC34CCC(C)N3C[C@H](F)C4)nc3c2CC[C@@]2(CCc4c(Cl)cccc42)C3F)C[C@@H]1CC#N. The van der Waals surface area contributed by atoms with Crippen molar-refractivity contribution in [1.29, 1.82) is 5.26 Å². The van der Waals surface area contributed by atoms with Gasteiger partial charge >= 0.3 is 6.01 Å². The number of hydrogen-bond acceptors (Lipinski definition) is 7. The van der Waals surface area contributed by atoms with Gasteiger partial charge in [0.15, 0.2) is 12.0 Å². The number of amides is 1. The number of rotatable bonds is 6. The predicted octanol–water partition coefficient (Wildman–Crippen LogP) is 5.73. The van der Waals surface area contributed by atoms with E-state index in [1.165, 1.54) is 4.90 Å². The van der Waals surface area contributed by atoms with Crippen molar-refractivity contribution in [3.8, 4) is 12.1 Å². The Hall–Kier alpha value is -3.36. The van der Waals surface area contributed by atoms with Crippen molar-refractivity contribution >= 4 is 23.3 Å². The molecule has 244 valence electrons. The fraction of sp³-hybridized carbons (Fsp3) is 0.588. The third kappa shape index (κ3) is 4.94. The Kier molecular flexibility index (Phi) is 7.95. The normalized spacial score (nSPS) is 31.8. The number of fused-ring (bicyclic) bond motifs is 4. The van der Waals surface area contributed by atoms with Gasteiger partial charge in [-0.3, -0.25) is 9.69 Å². The minimum Gasteiger partial charge on any atom is -0.461 e. The van der Waals surface area contributed by atoms with E-state index in [0.717, 1.165) is 24.0 Å². The number of hydrogen-bond donors (Lipinski definition) is 0. The molecule has 0 N–H and O–H groups in total. The molecule has 1 aromatic carbocycles. The van der Waals surface area contributed by atoms with E-state index in [2.05, 4.69) is 24.5 Å². The van der Waals surface area contributed by atoms with Gasteiger partial charge in [0.1, 0.15) is 18.6 Å². The van der Waals surface area contributed by atoms with Gasteiger partial charge in [-0.1, -0.05) is 30.3 Å². The molecule has 4 heterocycles. The molecule has 1 amide bonds. The lowest BCUT2D eigenvalue weighted by Gasteiger charge is -2.43. The Labute approximate surface area is 272 Å². The molecule has 0 bridgehead atoms. The van der Waals surface area contributed by atoms with Crippen LogP contribution >= 0.6 is 11.6 Å². The third-order valence-electron chi connectivity index (χ3n) is 11.3. The summed E-state index contributed by atoms with van der Waals surface area (Å²) >= 11 is 6.55. The predicted molar refractivity (Wildman–Crippen MR) is 167 cm³/mol. The molecule has 5 aliphatic rings. The molecular formula is C34H38ClF3N6O2. The van der Waals surface area contributed by atoms with E-state index in [4.69, 9.17) is 26.3 Å². The van der Waals surface area contributed by atoms with Gasteiger partial charge in [-0.2, -0.15) is 15.2 Å². The summed E-state index contributed by atoms with van der Waals surface area (Å²) in [6.45, 7) is 6.45. The summed E-state index contributed by atoms with van der Waals surface area (Å²) in [5, 5.41) is 10.2. The summed E-state index contributed by atoms with van der Waals surface area (Å²) in [5.41, 5.74) is 1.60. The highest BCUT2D eigenvalue weighted by atomic mass is 35.5. The Morgan fingerprint density at radius 2 is 1.96 bits per heavy atom. The second-order valence-electron chi connectivity index (χ2n) is 13.7. The van der Waals surface area contributed by atoms with E-state index in [-0.39, 0.29) is 43.9 Å². The van der Waals surface area contributed by atoms with Gasteiger partial charge in [0.05, 0.1) is 29.8 Å². The van der Waals surface area contributed by atoms with Crippen LogP contribution in [0.1, 0.15) is 74.0 Å². The lowest BCUT2D eigenvalue weighted by molar-refractivity contribution is -0.131. The number of benzene rings is 1. The van der Waals surface area contributed by atoms with E-state index >= 15 is 4.39 Å². The van der Waals surface area contributed by atoms with Crippen molar-refractivity contribution in [3.63, 3.8) is 0 Å². The van der Waals surface area contributed by atoms with Crippen LogP contribution in [0.4, 0.5) is 19.0 Å². The van der Waals surface area contributed by atoms with Gasteiger partial charge in [0.2, 0.25) is 0 Å². The molecule has 3 aliphatic heterocycles. The van der Waals surface area contributed by atoms with Gasteiger partial charge in [0.25, 0.3) is 5.91 Å². The highest BCUT2D eigenvalue weighted by molar-refractivity contribution is 6.31. The Balaban J connectivity index is 1.26. The van der Waals surface area contributed by atoms with Crippen LogP contribution in [0.3, 0.4) is 0 Å². The number of anilines is 1. The van der Waals surface area contributed by atoms with Crippen molar-refractivity contribution in [2.45, 2.75) is 93.7 Å². The van der Waals surface area contributed by atoms with Crippen LogP contribution in [0.15, 0.2) is 30.6 Å². The number of nitriles is 1. The molecule has 2 aromatic rings. The number of carbonyl (C=O) groups excluding carboxylic acids is 1. The fourth-order valence-electron chi connectivity index (χ4n) is 8.96. The van der Waals surface area contributed by atoms with E-state index in [1.807, 2.05) is 23.1 Å². The van der Waals surface area contributed by atoms with Crippen LogP contribution in [-0.2, 0) is 23.1 Å². The Morgan fingerprint density at radius 1 is 1.17 bits per heavy atom. The van der Waals surface area contributed by atoms with Crippen LogP contribution in [0, 0.1) is 11.3 Å². The molecule has 3 fully saturated rings. The average molecular weight is 655 g/mol. The monoisotopic (exact) mass is 654 g/mol. The summed E-state index contributed by atoms with van der Waals surface area (Å²) in [4.78, 5) is 27.6. The zero-order valence-corrected chi connectivity index (χ0v) is 26.7. The van der Waals surface area contributed by atoms with Gasteiger partial charge in [-0.25, -0.2) is 13.2 Å². The van der Waals surface area contributed by atoms with Gasteiger partial charge in [0, 0.05) is 54.6 Å². The van der Waals surface area contributed by atoms with E-state index in [1.54, 1.807) is 0 Å². The van der Waals surface area contributed by atoms with Gasteiger partial charge in [-0.15, -0.1) is 0 Å². The summed E-state index contributed by atoms with van der Waals surface area (Å²) in [6.07, 6.45) is 2.05. The minimum atomic E-state index is -1.45. The molecule has 3 unspecified atom stereocenters. The van der Waals surface area contributed by atoms with E-state index in [9.17, 15) is 18.8 Å². The Bertz CT molecular complexity index is 1620. The first-order chi connectivity index (χ1) is 22.1. The first-order valence-electron chi connectivity index (χ1n) is 16.2. The smallest absolute Gasteiger partial charge is 0.318 e. The molecule has 1 aromatic heterocycles. The van der Waals surface area contributed by atoms with Gasteiger partial charge < -0.3 is 14.5 Å². The second-order valence-corrected chi connectivity index (χ2v) is 14.1. The quantitative estimate of drug-likeness (QED) is 0.368. The first kappa shape index (κ1) is 31.3. The van der Waals surface area contributed by atoms with Crippen LogP contribution in [0.2, 0.25) is 5.02 Å². The summed E-state index contributed by atoms with van der Waals surface area (Å²) in [6, 6.07) is 7.44. The van der Waals surface area contributed by atoms with Crippen LogP contribution in [0.5, 0.6) is 6.01 Å². The van der Waals surface area contributed by atoms with Crippen LogP contribution < -0.4 is 9.64 Å². The molecule has 7 rings (SSSR count). The number of alkyl halides is 2.